The molecule has 4 rings (SSSR count). The molecule has 1 atom stereocenters. The number of benzene rings is 2. The van der Waals surface area contributed by atoms with Crippen molar-refractivity contribution in [3.8, 4) is 11.5 Å². The molecule has 2 aliphatic rings. The lowest BCUT2D eigenvalue weighted by Crippen LogP contribution is -2.41. The summed E-state index contributed by atoms with van der Waals surface area (Å²) in [4.78, 5) is 37.5. The standard InChI is InChI=1S/C18H13NO6/c20-16-11-5-1-2-6-12(11)17(21)19(16)10-24-18(22)15-9-23-13-7-3-4-8-14(13)25-15/h1-8,15H,9-10H2/t15-/m1/s1. The van der Waals surface area contributed by atoms with Gasteiger partial charge in [0.15, 0.2) is 18.2 Å². The van der Waals surface area contributed by atoms with Crippen molar-refractivity contribution in [2.75, 3.05) is 13.3 Å². The molecule has 2 aromatic carbocycles. The molecule has 0 saturated heterocycles. The van der Waals surface area contributed by atoms with E-state index >= 15 is 0 Å². The van der Waals surface area contributed by atoms with Gasteiger partial charge in [0.05, 0.1) is 11.1 Å². The van der Waals surface area contributed by atoms with Crippen molar-refractivity contribution < 1.29 is 28.6 Å². The van der Waals surface area contributed by atoms with Crippen LogP contribution in [0.25, 0.3) is 0 Å². The summed E-state index contributed by atoms with van der Waals surface area (Å²) < 4.78 is 16.1. The number of imide groups is 1. The Morgan fingerprint density at radius 3 is 2.28 bits per heavy atom. The van der Waals surface area contributed by atoms with Gasteiger partial charge < -0.3 is 14.2 Å². The van der Waals surface area contributed by atoms with Crippen LogP contribution in [0.1, 0.15) is 20.7 Å². The Bertz CT molecular complexity index is 842. The highest BCUT2D eigenvalue weighted by atomic mass is 16.6. The molecule has 2 amide bonds. The minimum Gasteiger partial charge on any atom is -0.485 e. The van der Waals surface area contributed by atoms with Gasteiger partial charge in [0.25, 0.3) is 11.8 Å². The number of amides is 2. The first-order chi connectivity index (χ1) is 12.1. The van der Waals surface area contributed by atoms with E-state index in [0.29, 0.717) is 22.6 Å². The first kappa shape index (κ1) is 15.2. The summed E-state index contributed by atoms with van der Waals surface area (Å²) >= 11 is 0. The predicted molar refractivity (Wildman–Crippen MR) is 84.3 cm³/mol. The predicted octanol–water partition coefficient (Wildman–Crippen LogP) is 1.62. The Labute approximate surface area is 142 Å². The highest BCUT2D eigenvalue weighted by Gasteiger charge is 2.37. The van der Waals surface area contributed by atoms with Gasteiger partial charge in [-0.2, -0.15) is 0 Å². The highest BCUT2D eigenvalue weighted by molar-refractivity contribution is 6.21. The average molecular weight is 339 g/mol. The second-order valence-electron chi connectivity index (χ2n) is 5.54. The smallest absolute Gasteiger partial charge is 0.352 e. The zero-order chi connectivity index (χ0) is 17.4. The van der Waals surface area contributed by atoms with Crippen molar-refractivity contribution in [2.24, 2.45) is 0 Å². The minimum atomic E-state index is -0.954. The first-order valence-corrected chi connectivity index (χ1v) is 7.65. The molecular weight excluding hydrogens is 326 g/mol. The second-order valence-corrected chi connectivity index (χ2v) is 5.54. The minimum absolute atomic E-state index is 0.00202. The fourth-order valence-corrected chi connectivity index (χ4v) is 2.71. The van der Waals surface area contributed by atoms with Crippen LogP contribution in [-0.2, 0) is 9.53 Å². The molecule has 0 fully saturated rings. The lowest BCUT2D eigenvalue weighted by Gasteiger charge is -2.25. The number of carbonyl (C=O) groups is 3. The van der Waals surface area contributed by atoms with Gasteiger partial charge in [-0.05, 0) is 24.3 Å². The van der Waals surface area contributed by atoms with E-state index in [4.69, 9.17) is 14.2 Å². The molecule has 0 aromatic heterocycles. The molecule has 0 unspecified atom stereocenters. The molecule has 0 radical (unpaired) electrons. The van der Waals surface area contributed by atoms with Crippen molar-refractivity contribution in [1.82, 2.24) is 4.90 Å². The maximum atomic E-state index is 12.2. The topological polar surface area (TPSA) is 82.1 Å². The number of hydrogen-bond donors (Lipinski definition) is 0. The quantitative estimate of drug-likeness (QED) is 0.624. The van der Waals surface area contributed by atoms with Crippen LogP contribution >= 0.6 is 0 Å². The Hall–Kier alpha value is -3.35. The van der Waals surface area contributed by atoms with E-state index in [-0.39, 0.29) is 6.61 Å². The van der Waals surface area contributed by atoms with Gasteiger partial charge in [-0.15, -0.1) is 0 Å². The average Bonchev–Trinajstić information content (AvgIpc) is 2.90. The molecule has 2 aromatic rings. The number of esters is 1. The summed E-state index contributed by atoms with van der Waals surface area (Å²) in [6.07, 6.45) is -0.954. The van der Waals surface area contributed by atoms with Crippen molar-refractivity contribution in [3.63, 3.8) is 0 Å². The monoisotopic (exact) mass is 339 g/mol. The van der Waals surface area contributed by atoms with Crippen molar-refractivity contribution in [2.45, 2.75) is 6.10 Å². The van der Waals surface area contributed by atoms with Crippen LogP contribution < -0.4 is 9.47 Å². The van der Waals surface area contributed by atoms with Gasteiger partial charge in [-0.3, -0.25) is 9.59 Å². The molecule has 0 saturated carbocycles. The number of rotatable bonds is 3. The first-order valence-electron chi connectivity index (χ1n) is 7.65. The van der Waals surface area contributed by atoms with Crippen LogP contribution in [0.4, 0.5) is 0 Å². The van der Waals surface area contributed by atoms with E-state index in [1.54, 1.807) is 48.5 Å². The third-order valence-electron chi connectivity index (χ3n) is 3.99. The van der Waals surface area contributed by atoms with E-state index in [9.17, 15) is 14.4 Å². The Morgan fingerprint density at radius 1 is 1.00 bits per heavy atom. The molecular formula is C18H13NO6. The van der Waals surface area contributed by atoms with E-state index in [1.165, 1.54) is 0 Å². The van der Waals surface area contributed by atoms with Crippen molar-refractivity contribution >= 4 is 17.8 Å². The number of para-hydroxylation sites is 2. The van der Waals surface area contributed by atoms with Gasteiger partial charge in [0, 0.05) is 0 Å². The van der Waals surface area contributed by atoms with Crippen LogP contribution in [0.5, 0.6) is 11.5 Å². The summed E-state index contributed by atoms with van der Waals surface area (Å²) in [5.41, 5.74) is 0.601. The normalized spacial score (nSPS) is 18.1. The summed E-state index contributed by atoms with van der Waals surface area (Å²) in [7, 11) is 0. The van der Waals surface area contributed by atoms with E-state index < -0.39 is 30.6 Å². The van der Waals surface area contributed by atoms with Crippen molar-refractivity contribution in [1.29, 1.82) is 0 Å². The molecule has 0 spiro atoms. The summed E-state index contributed by atoms with van der Waals surface area (Å²) in [5, 5.41) is 0. The summed E-state index contributed by atoms with van der Waals surface area (Å²) in [6, 6.07) is 13.4. The summed E-state index contributed by atoms with van der Waals surface area (Å²) in [5.74, 6) is -0.687. The maximum absolute atomic E-state index is 12.2. The van der Waals surface area contributed by atoms with Crippen LogP contribution in [-0.4, -0.2) is 42.1 Å². The lowest BCUT2D eigenvalue weighted by molar-refractivity contribution is -0.157. The molecule has 25 heavy (non-hydrogen) atoms. The fraction of sp³-hybridized carbons (Fsp3) is 0.167. The van der Waals surface area contributed by atoms with Gasteiger partial charge >= 0.3 is 5.97 Å². The number of carbonyl (C=O) groups excluding carboxylic acids is 3. The van der Waals surface area contributed by atoms with Gasteiger partial charge in [0.2, 0.25) is 6.10 Å². The van der Waals surface area contributed by atoms with Crippen LogP contribution in [0.3, 0.4) is 0 Å². The summed E-state index contributed by atoms with van der Waals surface area (Å²) in [6.45, 7) is -0.468. The number of hydrogen-bond acceptors (Lipinski definition) is 6. The second kappa shape index (κ2) is 5.94. The maximum Gasteiger partial charge on any atom is 0.352 e. The number of ether oxygens (including phenoxy) is 3. The highest BCUT2D eigenvalue weighted by Crippen LogP contribution is 2.31. The number of nitrogens with zero attached hydrogens (tertiary/aromatic N) is 1. The third kappa shape index (κ3) is 2.59. The molecule has 0 aliphatic carbocycles. The van der Waals surface area contributed by atoms with Crippen LogP contribution in [0.15, 0.2) is 48.5 Å². The molecule has 0 N–H and O–H groups in total. The molecule has 2 heterocycles. The SMILES string of the molecule is O=C(OCN1C(=O)c2ccccc2C1=O)[C@H]1COc2ccccc2O1. The number of fused-ring (bicyclic) bond motifs is 2. The van der Waals surface area contributed by atoms with Gasteiger partial charge in [0.1, 0.15) is 6.61 Å². The molecule has 7 heteroatoms. The molecule has 0 bridgehead atoms. The molecule has 126 valence electrons. The third-order valence-corrected chi connectivity index (χ3v) is 3.99. The van der Waals surface area contributed by atoms with E-state index in [1.807, 2.05) is 0 Å². The fourth-order valence-electron chi connectivity index (χ4n) is 2.71. The van der Waals surface area contributed by atoms with E-state index in [2.05, 4.69) is 0 Å². The van der Waals surface area contributed by atoms with Crippen LogP contribution in [0.2, 0.25) is 0 Å². The van der Waals surface area contributed by atoms with E-state index in [0.717, 1.165) is 4.90 Å². The largest absolute Gasteiger partial charge is 0.485 e. The molecule has 2 aliphatic heterocycles. The van der Waals surface area contributed by atoms with Crippen molar-refractivity contribution in [3.05, 3.63) is 59.7 Å². The van der Waals surface area contributed by atoms with Crippen LogP contribution in [0, 0.1) is 0 Å². The Morgan fingerprint density at radius 2 is 1.60 bits per heavy atom. The zero-order valence-electron chi connectivity index (χ0n) is 13.0. The van der Waals surface area contributed by atoms with Gasteiger partial charge in [-0.25, -0.2) is 9.69 Å². The zero-order valence-corrected chi connectivity index (χ0v) is 13.0. The van der Waals surface area contributed by atoms with Gasteiger partial charge in [-0.1, -0.05) is 24.3 Å². The molecule has 7 nitrogen and oxygen atoms in total. The Kier molecular flexibility index (Phi) is 3.61. The Balaban J connectivity index is 1.40. The lowest BCUT2D eigenvalue weighted by atomic mass is 10.1.